The van der Waals surface area contributed by atoms with Crippen LogP contribution < -0.4 is 0 Å². The molecule has 1 spiro atoms. The van der Waals surface area contributed by atoms with Gasteiger partial charge in [-0.05, 0) is 39.2 Å². The van der Waals surface area contributed by atoms with Crippen molar-refractivity contribution in [2.75, 3.05) is 32.9 Å². The third-order valence-corrected chi connectivity index (χ3v) is 4.75. The zero-order valence-electron chi connectivity index (χ0n) is 11.4. The molecule has 4 nitrogen and oxygen atoms in total. The van der Waals surface area contributed by atoms with Crippen molar-refractivity contribution in [3.63, 3.8) is 0 Å². The number of hydrogen-bond acceptors (Lipinski definition) is 4. The normalized spacial score (nSPS) is 46.7. The molecule has 3 fully saturated rings. The average Bonchev–Trinajstić information content (AvgIpc) is 2.76. The average molecular weight is 255 g/mol. The quantitative estimate of drug-likeness (QED) is 0.764. The first-order valence-corrected chi connectivity index (χ1v) is 7.27. The van der Waals surface area contributed by atoms with Crippen molar-refractivity contribution >= 4 is 0 Å². The number of ether oxygens (including phenoxy) is 2. The van der Waals surface area contributed by atoms with Gasteiger partial charge in [-0.2, -0.15) is 0 Å². The summed E-state index contributed by atoms with van der Waals surface area (Å²) in [5, 5.41) is 10.2. The van der Waals surface area contributed by atoms with E-state index in [4.69, 9.17) is 9.47 Å². The highest BCUT2D eigenvalue weighted by atomic mass is 16.6. The number of β-amino-alcohol motifs (C(OH)–C–C–N with tert-alkyl or cyclic N) is 1. The first-order valence-electron chi connectivity index (χ1n) is 7.27. The molecule has 104 valence electrons. The SMILES string of the molecule is CC1(O)CCCN(C2CCOC3(CCOC3)C2)C1. The third kappa shape index (κ3) is 2.57. The van der Waals surface area contributed by atoms with E-state index in [1.165, 1.54) is 0 Å². The molecule has 3 aliphatic rings. The summed E-state index contributed by atoms with van der Waals surface area (Å²) >= 11 is 0. The second kappa shape index (κ2) is 4.75. The second-order valence-corrected chi connectivity index (χ2v) is 6.55. The van der Waals surface area contributed by atoms with Gasteiger partial charge in [-0.3, -0.25) is 4.90 Å². The Morgan fingerprint density at radius 2 is 2.17 bits per heavy atom. The summed E-state index contributed by atoms with van der Waals surface area (Å²) in [5.74, 6) is 0. The minimum atomic E-state index is -0.504. The number of piperidine rings is 1. The number of rotatable bonds is 1. The van der Waals surface area contributed by atoms with Gasteiger partial charge in [0.2, 0.25) is 0 Å². The topological polar surface area (TPSA) is 41.9 Å². The lowest BCUT2D eigenvalue weighted by atomic mass is 9.86. The molecule has 0 aromatic rings. The summed E-state index contributed by atoms with van der Waals surface area (Å²) in [7, 11) is 0. The molecule has 0 bridgehead atoms. The van der Waals surface area contributed by atoms with Gasteiger partial charge in [0.25, 0.3) is 0 Å². The Morgan fingerprint density at radius 3 is 2.89 bits per heavy atom. The third-order valence-electron chi connectivity index (χ3n) is 4.75. The predicted octanol–water partition coefficient (Wildman–Crippen LogP) is 1.17. The van der Waals surface area contributed by atoms with Gasteiger partial charge >= 0.3 is 0 Å². The minimum absolute atomic E-state index is 0.0216. The Hall–Kier alpha value is -0.160. The maximum absolute atomic E-state index is 10.2. The van der Waals surface area contributed by atoms with Gasteiger partial charge in [0.15, 0.2) is 0 Å². The van der Waals surface area contributed by atoms with Crippen LogP contribution >= 0.6 is 0 Å². The Bertz CT molecular complexity index is 299. The van der Waals surface area contributed by atoms with Crippen LogP contribution in [0, 0.1) is 0 Å². The summed E-state index contributed by atoms with van der Waals surface area (Å²) in [4.78, 5) is 2.48. The molecule has 3 saturated heterocycles. The number of likely N-dealkylation sites (tertiary alicyclic amines) is 1. The Kier molecular flexibility index (Phi) is 3.39. The summed E-state index contributed by atoms with van der Waals surface area (Å²) in [6.07, 6.45) is 5.24. The molecule has 3 rings (SSSR count). The summed E-state index contributed by atoms with van der Waals surface area (Å²) in [5.41, 5.74) is -0.526. The second-order valence-electron chi connectivity index (χ2n) is 6.55. The molecular formula is C14H25NO3. The van der Waals surface area contributed by atoms with Gasteiger partial charge in [0.1, 0.15) is 0 Å². The lowest BCUT2D eigenvalue weighted by molar-refractivity contribution is -0.120. The minimum Gasteiger partial charge on any atom is -0.389 e. The molecule has 0 amide bonds. The Balaban J connectivity index is 1.65. The van der Waals surface area contributed by atoms with Crippen molar-refractivity contribution in [2.45, 2.75) is 56.3 Å². The molecule has 0 aromatic carbocycles. The zero-order chi connectivity index (χ0) is 12.6. The van der Waals surface area contributed by atoms with Crippen LogP contribution in [0.1, 0.15) is 39.0 Å². The maximum atomic E-state index is 10.2. The number of hydrogen-bond donors (Lipinski definition) is 1. The van der Waals surface area contributed by atoms with Gasteiger partial charge in [0.05, 0.1) is 17.8 Å². The molecule has 3 aliphatic heterocycles. The van der Waals surface area contributed by atoms with E-state index in [0.717, 1.165) is 65.0 Å². The van der Waals surface area contributed by atoms with E-state index in [0.29, 0.717) is 6.04 Å². The van der Waals surface area contributed by atoms with Crippen LogP contribution in [0.4, 0.5) is 0 Å². The van der Waals surface area contributed by atoms with Gasteiger partial charge in [0, 0.05) is 32.2 Å². The molecule has 3 unspecified atom stereocenters. The lowest BCUT2D eigenvalue weighted by Gasteiger charge is -2.46. The number of nitrogens with zero attached hydrogens (tertiary/aromatic N) is 1. The van der Waals surface area contributed by atoms with E-state index in [-0.39, 0.29) is 5.60 Å². The van der Waals surface area contributed by atoms with Crippen LogP contribution in [-0.2, 0) is 9.47 Å². The molecule has 0 aliphatic carbocycles. The van der Waals surface area contributed by atoms with E-state index >= 15 is 0 Å². The van der Waals surface area contributed by atoms with Gasteiger partial charge < -0.3 is 14.6 Å². The molecule has 0 saturated carbocycles. The Morgan fingerprint density at radius 1 is 1.28 bits per heavy atom. The largest absolute Gasteiger partial charge is 0.389 e. The van der Waals surface area contributed by atoms with Crippen LogP contribution in [-0.4, -0.2) is 60.2 Å². The van der Waals surface area contributed by atoms with Crippen molar-refractivity contribution in [3.05, 3.63) is 0 Å². The van der Waals surface area contributed by atoms with Crippen LogP contribution in [0.2, 0.25) is 0 Å². The van der Waals surface area contributed by atoms with Crippen LogP contribution in [0.3, 0.4) is 0 Å². The van der Waals surface area contributed by atoms with Crippen LogP contribution in [0.5, 0.6) is 0 Å². The fraction of sp³-hybridized carbons (Fsp3) is 1.00. The lowest BCUT2D eigenvalue weighted by Crippen LogP contribution is -2.55. The Labute approximate surface area is 109 Å². The van der Waals surface area contributed by atoms with E-state index in [1.807, 2.05) is 6.92 Å². The fourth-order valence-electron chi connectivity index (χ4n) is 3.75. The monoisotopic (exact) mass is 255 g/mol. The highest BCUT2D eigenvalue weighted by molar-refractivity contribution is 4.96. The van der Waals surface area contributed by atoms with E-state index in [1.54, 1.807) is 0 Å². The summed E-state index contributed by atoms with van der Waals surface area (Å²) < 4.78 is 11.5. The van der Waals surface area contributed by atoms with Crippen molar-refractivity contribution in [1.29, 1.82) is 0 Å². The van der Waals surface area contributed by atoms with Crippen molar-refractivity contribution in [2.24, 2.45) is 0 Å². The molecule has 3 atom stereocenters. The first kappa shape index (κ1) is 12.9. The van der Waals surface area contributed by atoms with Crippen molar-refractivity contribution in [3.8, 4) is 0 Å². The van der Waals surface area contributed by atoms with Crippen molar-refractivity contribution in [1.82, 2.24) is 4.90 Å². The van der Waals surface area contributed by atoms with Crippen LogP contribution in [0.25, 0.3) is 0 Å². The highest BCUT2D eigenvalue weighted by Gasteiger charge is 2.43. The predicted molar refractivity (Wildman–Crippen MR) is 68.6 cm³/mol. The van der Waals surface area contributed by atoms with Crippen LogP contribution in [0.15, 0.2) is 0 Å². The molecule has 4 heteroatoms. The fourth-order valence-corrected chi connectivity index (χ4v) is 3.75. The molecule has 0 radical (unpaired) electrons. The summed E-state index contributed by atoms with van der Waals surface area (Å²) in [6.45, 7) is 6.34. The first-order chi connectivity index (χ1) is 8.59. The number of aliphatic hydroxyl groups is 1. The zero-order valence-corrected chi connectivity index (χ0v) is 11.4. The van der Waals surface area contributed by atoms with Gasteiger partial charge in [-0.1, -0.05) is 0 Å². The molecule has 3 heterocycles. The molecule has 1 N–H and O–H groups in total. The molecule has 18 heavy (non-hydrogen) atoms. The smallest absolute Gasteiger partial charge is 0.0951 e. The van der Waals surface area contributed by atoms with E-state index in [2.05, 4.69) is 4.90 Å². The maximum Gasteiger partial charge on any atom is 0.0951 e. The summed E-state index contributed by atoms with van der Waals surface area (Å²) in [6, 6.07) is 0.562. The van der Waals surface area contributed by atoms with E-state index in [9.17, 15) is 5.11 Å². The highest BCUT2D eigenvalue weighted by Crippen LogP contribution is 2.36. The molecular weight excluding hydrogens is 230 g/mol. The molecule has 0 aromatic heterocycles. The standard InChI is InChI=1S/C14H25NO3/c1-13(16)4-2-6-15(10-13)12-3-7-18-14(9-12)5-8-17-11-14/h12,16H,2-11H2,1H3. The van der Waals surface area contributed by atoms with Crippen molar-refractivity contribution < 1.29 is 14.6 Å². The van der Waals surface area contributed by atoms with Gasteiger partial charge in [-0.15, -0.1) is 0 Å². The van der Waals surface area contributed by atoms with Gasteiger partial charge in [-0.25, -0.2) is 0 Å². The van der Waals surface area contributed by atoms with E-state index < -0.39 is 5.60 Å².